The number of benzene rings is 1. The molecule has 3 nitrogen and oxygen atoms in total. The van der Waals surface area contributed by atoms with E-state index in [9.17, 15) is 0 Å². The van der Waals surface area contributed by atoms with Crippen molar-refractivity contribution in [1.82, 2.24) is 4.70 Å². The molecule has 0 aliphatic carbocycles. The molecule has 11 heavy (non-hydrogen) atoms. The van der Waals surface area contributed by atoms with Gasteiger partial charge in [-0.05, 0) is 6.07 Å². The molecule has 1 aliphatic rings. The lowest BCUT2D eigenvalue weighted by molar-refractivity contribution is 0.373. The Morgan fingerprint density at radius 2 is 2.09 bits per heavy atom. The first kappa shape index (κ1) is 6.52. The zero-order valence-corrected chi connectivity index (χ0v) is 6.36. The molecule has 2 rings (SSSR count). The van der Waals surface area contributed by atoms with Gasteiger partial charge in [0.25, 0.3) is 0 Å². The molecule has 0 radical (unpaired) electrons. The first-order valence-corrected chi connectivity index (χ1v) is 3.50. The van der Waals surface area contributed by atoms with Crippen LogP contribution in [0.25, 0.3) is 0 Å². The maximum atomic E-state index is 5.83. The van der Waals surface area contributed by atoms with E-state index in [1.807, 2.05) is 31.3 Å². The van der Waals surface area contributed by atoms with E-state index in [-0.39, 0.29) is 4.70 Å². The Labute approximate surface area is 65.3 Å². The first-order chi connectivity index (χ1) is 5.20. The van der Waals surface area contributed by atoms with Gasteiger partial charge in [-0.25, -0.2) is 0 Å². The van der Waals surface area contributed by atoms with Crippen molar-refractivity contribution in [3.63, 3.8) is 0 Å². The SMILES string of the molecule is C[N+]1(N)N=Cc2ccccc21. The fourth-order valence-electron chi connectivity index (χ4n) is 1.25. The van der Waals surface area contributed by atoms with E-state index in [1.54, 1.807) is 6.21 Å². The number of hydrogen-bond donors (Lipinski definition) is 1. The lowest BCUT2D eigenvalue weighted by Crippen LogP contribution is -2.45. The van der Waals surface area contributed by atoms with Crippen molar-refractivity contribution in [2.45, 2.75) is 0 Å². The minimum absolute atomic E-state index is 0.121. The van der Waals surface area contributed by atoms with Gasteiger partial charge in [-0.2, -0.15) is 0 Å². The molecule has 1 atom stereocenters. The van der Waals surface area contributed by atoms with E-state index in [0.717, 1.165) is 11.3 Å². The van der Waals surface area contributed by atoms with Crippen LogP contribution >= 0.6 is 0 Å². The molecule has 1 aromatic rings. The Morgan fingerprint density at radius 3 is 2.82 bits per heavy atom. The van der Waals surface area contributed by atoms with Gasteiger partial charge in [-0.1, -0.05) is 21.9 Å². The molecular formula is C8H10N3+. The number of rotatable bonds is 0. The minimum atomic E-state index is 0.121. The second-order valence-electron chi connectivity index (χ2n) is 2.83. The Balaban J connectivity index is 2.64. The van der Waals surface area contributed by atoms with Crippen LogP contribution in [0.15, 0.2) is 29.4 Å². The maximum absolute atomic E-state index is 5.83. The highest BCUT2D eigenvalue weighted by atomic mass is 15.8. The highest BCUT2D eigenvalue weighted by Gasteiger charge is 2.27. The first-order valence-electron chi connectivity index (χ1n) is 3.50. The fraction of sp³-hybridized carbons (Fsp3) is 0.125. The van der Waals surface area contributed by atoms with Crippen LogP contribution in [0.2, 0.25) is 0 Å². The molecule has 0 amide bonds. The van der Waals surface area contributed by atoms with E-state index in [2.05, 4.69) is 5.10 Å². The van der Waals surface area contributed by atoms with Crippen LogP contribution in [-0.4, -0.2) is 13.3 Å². The Kier molecular flexibility index (Phi) is 1.13. The smallest absolute Gasteiger partial charge is 0.149 e. The molecule has 1 unspecified atom stereocenters. The minimum Gasteiger partial charge on any atom is -0.149 e. The standard InChI is InChI=1S/C8H10N3/c1-11(9)8-5-3-2-4-7(8)6-10-11/h2-6H,9H2,1H3/q+1. The van der Waals surface area contributed by atoms with Crippen LogP contribution in [0.1, 0.15) is 5.56 Å². The number of para-hydroxylation sites is 1. The normalized spacial score (nSPS) is 27.1. The molecule has 3 heteroatoms. The van der Waals surface area contributed by atoms with Gasteiger partial charge < -0.3 is 0 Å². The maximum Gasteiger partial charge on any atom is 0.187 e. The van der Waals surface area contributed by atoms with Crippen LogP contribution in [-0.2, 0) is 0 Å². The largest absolute Gasteiger partial charge is 0.187 e. The van der Waals surface area contributed by atoms with Gasteiger partial charge >= 0.3 is 0 Å². The van der Waals surface area contributed by atoms with Crippen LogP contribution in [0.4, 0.5) is 5.69 Å². The second-order valence-corrected chi connectivity index (χ2v) is 2.83. The third kappa shape index (κ3) is 0.859. The molecule has 2 N–H and O–H groups in total. The number of nitrogens with two attached hydrogens (primary N) is 1. The summed E-state index contributed by atoms with van der Waals surface area (Å²) in [4.78, 5) is 0. The van der Waals surface area contributed by atoms with Gasteiger partial charge in [-0.3, -0.25) is 0 Å². The van der Waals surface area contributed by atoms with Crippen molar-refractivity contribution < 1.29 is 0 Å². The average molecular weight is 148 g/mol. The van der Waals surface area contributed by atoms with Crippen molar-refractivity contribution >= 4 is 11.9 Å². The summed E-state index contributed by atoms with van der Waals surface area (Å²) in [6, 6.07) is 7.95. The van der Waals surface area contributed by atoms with Crippen LogP contribution < -0.4 is 10.5 Å². The van der Waals surface area contributed by atoms with Crippen LogP contribution in [0.3, 0.4) is 0 Å². The molecule has 0 bridgehead atoms. The third-order valence-electron chi connectivity index (χ3n) is 1.86. The van der Waals surface area contributed by atoms with Gasteiger partial charge in [0.05, 0.1) is 11.8 Å². The second kappa shape index (κ2) is 1.90. The van der Waals surface area contributed by atoms with Crippen molar-refractivity contribution in [3.8, 4) is 0 Å². The molecular weight excluding hydrogens is 138 g/mol. The highest BCUT2D eigenvalue weighted by molar-refractivity contribution is 5.90. The summed E-state index contributed by atoms with van der Waals surface area (Å²) in [7, 11) is 1.85. The van der Waals surface area contributed by atoms with E-state index < -0.39 is 0 Å². The van der Waals surface area contributed by atoms with Gasteiger partial charge in [0.15, 0.2) is 5.69 Å². The third-order valence-corrected chi connectivity index (χ3v) is 1.86. The van der Waals surface area contributed by atoms with E-state index in [4.69, 9.17) is 5.84 Å². The van der Waals surface area contributed by atoms with E-state index in [0.29, 0.717) is 0 Å². The monoisotopic (exact) mass is 148 g/mol. The van der Waals surface area contributed by atoms with Crippen molar-refractivity contribution in [1.29, 1.82) is 0 Å². The average Bonchev–Trinajstić information content (AvgIpc) is 2.29. The molecule has 0 fully saturated rings. The summed E-state index contributed by atoms with van der Waals surface area (Å²) >= 11 is 0. The zero-order valence-electron chi connectivity index (χ0n) is 6.36. The zero-order chi connectivity index (χ0) is 7.90. The molecule has 0 saturated carbocycles. The number of hydrogen-bond acceptors (Lipinski definition) is 2. The van der Waals surface area contributed by atoms with Gasteiger partial charge in [0, 0.05) is 6.07 Å². The number of quaternary nitrogens is 1. The Morgan fingerprint density at radius 1 is 1.36 bits per heavy atom. The summed E-state index contributed by atoms with van der Waals surface area (Å²) in [6.45, 7) is 0. The number of nitrogens with zero attached hydrogens (tertiary/aromatic N) is 2. The fourth-order valence-corrected chi connectivity index (χ4v) is 1.25. The quantitative estimate of drug-likeness (QED) is 0.430. The highest BCUT2D eigenvalue weighted by Crippen LogP contribution is 2.25. The van der Waals surface area contributed by atoms with Crippen molar-refractivity contribution in [2.75, 3.05) is 7.05 Å². The Bertz CT molecular complexity index is 315. The van der Waals surface area contributed by atoms with Crippen molar-refractivity contribution in [2.24, 2.45) is 10.9 Å². The summed E-state index contributed by atoms with van der Waals surface area (Å²) < 4.78 is 0.121. The van der Waals surface area contributed by atoms with Crippen molar-refractivity contribution in [3.05, 3.63) is 29.8 Å². The van der Waals surface area contributed by atoms with Gasteiger partial charge in [0.1, 0.15) is 7.05 Å². The lowest BCUT2D eigenvalue weighted by atomic mass is 10.2. The predicted octanol–water partition coefficient (Wildman–Crippen LogP) is 0.845. The molecule has 0 spiro atoms. The summed E-state index contributed by atoms with van der Waals surface area (Å²) in [5, 5.41) is 4.13. The molecule has 1 aliphatic heterocycles. The molecule has 0 saturated heterocycles. The molecule has 1 heterocycles. The van der Waals surface area contributed by atoms with Gasteiger partial charge in [-0.15, -0.1) is 5.84 Å². The predicted molar refractivity (Wildman–Crippen MR) is 45.9 cm³/mol. The summed E-state index contributed by atoms with van der Waals surface area (Å²) in [6.07, 6.45) is 1.80. The molecule has 1 aromatic carbocycles. The summed E-state index contributed by atoms with van der Waals surface area (Å²) in [5.74, 6) is 5.83. The van der Waals surface area contributed by atoms with E-state index in [1.165, 1.54) is 0 Å². The van der Waals surface area contributed by atoms with Gasteiger partial charge in [0.2, 0.25) is 0 Å². The Hall–Kier alpha value is -1.19. The molecule has 56 valence electrons. The number of fused-ring (bicyclic) bond motifs is 1. The lowest BCUT2D eigenvalue weighted by Gasteiger charge is -2.15. The topological polar surface area (TPSA) is 38.4 Å². The van der Waals surface area contributed by atoms with E-state index >= 15 is 0 Å². The van der Waals surface area contributed by atoms with Crippen LogP contribution in [0.5, 0.6) is 0 Å². The van der Waals surface area contributed by atoms with Crippen LogP contribution in [0, 0.1) is 0 Å². The molecule has 0 aromatic heterocycles. The summed E-state index contributed by atoms with van der Waals surface area (Å²) in [5.41, 5.74) is 2.16.